The van der Waals surface area contributed by atoms with Gasteiger partial charge >= 0.3 is 0 Å². The molecule has 2 aromatic heterocycles. The zero-order chi connectivity index (χ0) is 19.3. The van der Waals surface area contributed by atoms with Crippen molar-refractivity contribution in [2.45, 2.75) is 16.3 Å². The van der Waals surface area contributed by atoms with Gasteiger partial charge in [-0.05, 0) is 30.8 Å². The first-order valence-electron chi connectivity index (χ1n) is 9.15. The third-order valence-corrected chi connectivity index (χ3v) is 6.26. The normalized spacial score (nSPS) is 15.0. The lowest BCUT2D eigenvalue weighted by Gasteiger charge is -2.26. The minimum absolute atomic E-state index is 0.0813. The molecule has 28 heavy (non-hydrogen) atoms. The van der Waals surface area contributed by atoms with E-state index in [0.29, 0.717) is 12.1 Å². The van der Waals surface area contributed by atoms with Gasteiger partial charge in [-0.2, -0.15) is 0 Å². The number of rotatable bonds is 6. The summed E-state index contributed by atoms with van der Waals surface area (Å²) >= 11 is 2.95. The quantitative estimate of drug-likeness (QED) is 0.663. The number of ether oxygens (including phenoxy) is 1. The van der Waals surface area contributed by atoms with E-state index in [9.17, 15) is 4.79 Å². The molecule has 3 heterocycles. The van der Waals surface area contributed by atoms with Gasteiger partial charge in [-0.25, -0.2) is 4.98 Å². The second-order valence-corrected chi connectivity index (χ2v) is 8.87. The van der Waals surface area contributed by atoms with Crippen molar-refractivity contribution in [3.8, 4) is 0 Å². The van der Waals surface area contributed by atoms with E-state index < -0.39 is 0 Å². The second kappa shape index (κ2) is 8.95. The molecular formula is C19H21N5O2S2. The minimum Gasteiger partial charge on any atom is -0.379 e. The number of aromatic nitrogens is 3. The fourth-order valence-corrected chi connectivity index (χ4v) is 4.83. The number of nitrogens with zero attached hydrogens (tertiary/aromatic N) is 4. The van der Waals surface area contributed by atoms with E-state index in [2.05, 4.69) is 25.4 Å². The number of fused-ring (bicyclic) bond motifs is 1. The molecule has 1 amide bonds. The maximum atomic E-state index is 12.9. The van der Waals surface area contributed by atoms with E-state index in [1.165, 1.54) is 23.1 Å². The van der Waals surface area contributed by atoms with E-state index >= 15 is 0 Å². The van der Waals surface area contributed by atoms with Gasteiger partial charge < -0.3 is 10.1 Å². The van der Waals surface area contributed by atoms with Gasteiger partial charge in [0.2, 0.25) is 0 Å². The summed E-state index contributed by atoms with van der Waals surface area (Å²) in [7, 11) is 0. The van der Waals surface area contributed by atoms with Crippen LogP contribution < -0.4 is 5.32 Å². The number of aryl methyl sites for hydroxylation is 1. The summed E-state index contributed by atoms with van der Waals surface area (Å²) in [5, 5.41) is 13.7. The van der Waals surface area contributed by atoms with E-state index in [4.69, 9.17) is 4.74 Å². The van der Waals surface area contributed by atoms with Gasteiger partial charge in [-0.1, -0.05) is 29.5 Å². The number of hydrogen-bond donors (Lipinski definition) is 1. The SMILES string of the molecule is Cc1nnc(Sc2cc(C(=O)NCCN3CCOCC3)c3ccccc3n2)s1. The molecule has 0 saturated carbocycles. The van der Waals surface area contributed by atoms with Gasteiger partial charge in [0.15, 0.2) is 4.34 Å². The molecule has 1 saturated heterocycles. The lowest BCUT2D eigenvalue weighted by Crippen LogP contribution is -2.41. The van der Waals surface area contributed by atoms with Crippen molar-refractivity contribution < 1.29 is 9.53 Å². The summed E-state index contributed by atoms with van der Waals surface area (Å²) in [5.74, 6) is -0.0813. The van der Waals surface area contributed by atoms with Crippen LogP contribution in [0.3, 0.4) is 0 Å². The Morgan fingerprint density at radius 1 is 1.29 bits per heavy atom. The van der Waals surface area contributed by atoms with Crippen LogP contribution in [0, 0.1) is 6.92 Å². The Hall–Kier alpha value is -2.07. The highest BCUT2D eigenvalue weighted by molar-refractivity contribution is 8.01. The molecular weight excluding hydrogens is 394 g/mol. The van der Waals surface area contributed by atoms with Crippen molar-refractivity contribution in [1.82, 2.24) is 25.4 Å². The molecule has 0 bridgehead atoms. The molecule has 4 rings (SSSR count). The van der Waals surface area contributed by atoms with Gasteiger partial charge in [0, 0.05) is 31.6 Å². The van der Waals surface area contributed by atoms with E-state index in [-0.39, 0.29) is 5.91 Å². The van der Waals surface area contributed by atoms with E-state index in [0.717, 1.165) is 58.1 Å². The largest absolute Gasteiger partial charge is 0.379 e. The molecule has 0 aliphatic carbocycles. The van der Waals surface area contributed by atoms with Crippen LogP contribution in [-0.4, -0.2) is 65.4 Å². The molecule has 0 unspecified atom stereocenters. The number of carbonyl (C=O) groups is 1. The van der Waals surface area contributed by atoms with E-state index in [1.54, 1.807) is 0 Å². The number of morpholine rings is 1. The first-order chi connectivity index (χ1) is 13.7. The van der Waals surface area contributed by atoms with Crippen LogP contribution in [0.15, 0.2) is 39.7 Å². The number of benzene rings is 1. The molecule has 0 spiro atoms. The minimum atomic E-state index is -0.0813. The monoisotopic (exact) mass is 415 g/mol. The van der Waals surface area contributed by atoms with Crippen LogP contribution in [0.5, 0.6) is 0 Å². The molecule has 3 aromatic rings. The van der Waals surface area contributed by atoms with Gasteiger partial charge in [0.25, 0.3) is 5.91 Å². The number of hydrogen-bond acceptors (Lipinski definition) is 8. The average molecular weight is 416 g/mol. The highest BCUT2D eigenvalue weighted by Gasteiger charge is 2.15. The summed E-state index contributed by atoms with van der Waals surface area (Å²) < 4.78 is 6.18. The Morgan fingerprint density at radius 2 is 2.11 bits per heavy atom. The Bertz CT molecular complexity index is 972. The summed E-state index contributed by atoms with van der Waals surface area (Å²) in [6.45, 7) is 6.69. The predicted octanol–water partition coefficient (Wildman–Crippen LogP) is 2.61. The molecule has 1 fully saturated rings. The molecule has 1 aliphatic heterocycles. The maximum Gasteiger partial charge on any atom is 0.252 e. The van der Waals surface area contributed by atoms with Crippen LogP contribution >= 0.6 is 23.1 Å². The summed E-state index contributed by atoms with van der Waals surface area (Å²) in [6, 6.07) is 9.56. The van der Waals surface area contributed by atoms with Crippen molar-refractivity contribution >= 4 is 39.9 Å². The molecule has 7 nitrogen and oxygen atoms in total. The third-order valence-electron chi connectivity index (χ3n) is 4.45. The zero-order valence-electron chi connectivity index (χ0n) is 15.6. The van der Waals surface area contributed by atoms with Gasteiger partial charge in [0.05, 0.1) is 24.3 Å². The highest BCUT2D eigenvalue weighted by atomic mass is 32.2. The zero-order valence-corrected chi connectivity index (χ0v) is 17.2. The highest BCUT2D eigenvalue weighted by Crippen LogP contribution is 2.31. The summed E-state index contributed by atoms with van der Waals surface area (Å²) in [5.41, 5.74) is 1.43. The maximum absolute atomic E-state index is 12.9. The van der Waals surface area contributed by atoms with Crippen LogP contribution in [0.4, 0.5) is 0 Å². The first-order valence-corrected chi connectivity index (χ1v) is 10.8. The predicted molar refractivity (Wildman–Crippen MR) is 110 cm³/mol. The van der Waals surface area contributed by atoms with Crippen molar-refractivity contribution in [1.29, 1.82) is 0 Å². The summed E-state index contributed by atoms with van der Waals surface area (Å²) in [6.07, 6.45) is 0. The van der Waals surface area contributed by atoms with Gasteiger partial charge in [0.1, 0.15) is 10.0 Å². The van der Waals surface area contributed by atoms with Crippen LogP contribution in [0.2, 0.25) is 0 Å². The van der Waals surface area contributed by atoms with E-state index in [1.807, 2.05) is 37.3 Å². The topological polar surface area (TPSA) is 80.2 Å². The van der Waals surface area contributed by atoms with Gasteiger partial charge in [-0.15, -0.1) is 10.2 Å². The molecule has 9 heteroatoms. The molecule has 1 N–H and O–H groups in total. The fourth-order valence-electron chi connectivity index (χ4n) is 3.05. The first kappa shape index (κ1) is 19.3. The summed E-state index contributed by atoms with van der Waals surface area (Å²) in [4.78, 5) is 19.9. The smallest absolute Gasteiger partial charge is 0.252 e. The van der Waals surface area contributed by atoms with Crippen molar-refractivity contribution in [2.24, 2.45) is 0 Å². The standard InChI is InChI=1S/C19H21N5O2S2/c1-13-22-23-19(27-13)28-17-12-15(14-4-2-3-5-16(14)21-17)18(25)20-6-7-24-8-10-26-11-9-24/h2-5,12H,6-11H2,1H3,(H,20,25). The second-order valence-electron chi connectivity index (χ2n) is 6.42. The Morgan fingerprint density at radius 3 is 2.89 bits per heavy atom. The average Bonchev–Trinajstić information content (AvgIpc) is 3.12. The lowest BCUT2D eigenvalue weighted by atomic mass is 10.1. The fraction of sp³-hybridized carbons (Fsp3) is 0.368. The molecule has 1 aromatic carbocycles. The molecule has 0 radical (unpaired) electrons. The number of carbonyl (C=O) groups excluding carboxylic acids is 1. The number of para-hydroxylation sites is 1. The number of nitrogens with one attached hydrogen (secondary N) is 1. The van der Waals surface area contributed by atoms with Crippen molar-refractivity contribution in [3.05, 3.63) is 40.9 Å². The Labute approximate surface area is 171 Å². The lowest BCUT2D eigenvalue weighted by molar-refractivity contribution is 0.0383. The van der Waals surface area contributed by atoms with Crippen molar-refractivity contribution in [3.63, 3.8) is 0 Å². The third kappa shape index (κ3) is 4.67. The number of pyridine rings is 1. The molecule has 0 atom stereocenters. The van der Waals surface area contributed by atoms with Crippen LogP contribution in [0.25, 0.3) is 10.9 Å². The van der Waals surface area contributed by atoms with Gasteiger partial charge in [-0.3, -0.25) is 9.69 Å². The van der Waals surface area contributed by atoms with Crippen LogP contribution in [0.1, 0.15) is 15.4 Å². The molecule has 146 valence electrons. The Kier molecular flexibility index (Phi) is 6.16. The molecule has 1 aliphatic rings. The van der Waals surface area contributed by atoms with Crippen LogP contribution in [-0.2, 0) is 4.74 Å². The Balaban J connectivity index is 1.51. The van der Waals surface area contributed by atoms with Crippen molar-refractivity contribution in [2.75, 3.05) is 39.4 Å². The number of amides is 1.